The van der Waals surface area contributed by atoms with Gasteiger partial charge in [0.2, 0.25) is 11.7 Å². The van der Waals surface area contributed by atoms with Crippen LogP contribution in [-0.2, 0) is 11.0 Å². The van der Waals surface area contributed by atoms with Gasteiger partial charge in [0.05, 0.1) is 12.5 Å². The van der Waals surface area contributed by atoms with Crippen molar-refractivity contribution < 1.29 is 28.2 Å². The van der Waals surface area contributed by atoms with Crippen LogP contribution in [0.4, 0.5) is 13.2 Å². The Bertz CT molecular complexity index is 421. The minimum Gasteiger partial charge on any atom is -0.390 e. The summed E-state index contributed by atoms with van der Waals surface area (Å²) in [6.45, 7) is 0. The third kappa shape index (κ3) is 3.64. The number of aliphatic hydroxyl groups excluding tert-OH is 2. The first-order chi connectivity index (χ1) is 8.21. The van der Waals surface area contributed by atoms with Crippen LogP contribution in [0.5, 0.6) is 0 Å². The third-order valence-electron chi connectivity index (χ3n) is 2.04. The van der Waals surface area contributed by atoms with Crippen molar-refractivity contribution in [2.45, 2.75) is 24.8 Å². The van der Waals surface area contributed by atoms with Crippen LogP contribution in [0.1, 0.15) is 23.9 Å². The van der Waals surface area contributed by atoms with Gasteiger partial charge in [-0.25, -0.2) is 9.97 Å². The van der Waals surface area contributed by atoms with Gasteiger partial charge in [-0.05, 0) is 0 Å². The molecular weight excluding hydrogens is 255 g/mol. The van der Waals surface area contributed by atoms with Crippen LogP contribution in [0, 0.1) is 0 Å². The predicted octanol–water partition coefficient (Wildman–Crippen LogP) is -0.235. The van der Waals surface area contributed by atoms with Gasteiger partial charge >= 0.3 is 6.18 Å². The summed E-state index contributed by atoms with van der Waals surface area (Å²) < 4.78 is 36.5. The fourth-order valence-corrected chi connectivity index (χ4v) is 1.18. The number of rotatable bonds is 4. The molecule has 4 N–H and O–H groups in total. The smallest absolute Gasteiger partial charge is 0.390 e. The van der Waals surface area contributed by atoms with E-state index in [-0.39, 0.29) is 5.56 Å². The number of carbonyl (C=O) groups excluding carboxylic acids is 1. The van der Waals surface area contributed by atoms with E-state index in [1.165, 1.54) is 0 Å². The molecule has 1 heterocycles. The van der Waals surface area contributed by atoms with E-state index < -0.39 is 36.5 Å². The molecule has 0 saturated carbocycles. The van der Waals surface area contributed by atoms with E-state index in [9.17, 15) is 28.2 Å². The Balaban J connectivity index is 2.82. The molecule has 0 radical (unpaired) electrons. The van der Waals surface area contributed by atoms with Gasteiger partial charge in [0.1, 0.15) is 6.10 Å². The van der Waals surface area contributed by atoms with Gasteiger partial charge in [0, 0.05) is 18.0 Å². The third-order valence-corrected chi connectivity index (χ3v) is 2.04. The van der Waals surface area contributed by atoms with Gasteiger partial charge in [-0.3, -0.25) is 4.79 Å². The first-order valence-corrected chi connectivity index (χ1v) is 4.75. The maximum atomic E-state index is 12.2. The molecule has 2 unspecified atom stereocenters. The van der Waals surface area contributed by atoms with Crippen molar-refractivity contribution in [2.75, 3.05) is 0 Å². The summed E-state index contributed by atoms with van der Waals surface area (Å²) in [6.07, 6.45) is -6.87. The average Bonchev–Trinajstić information content (AvgIpc) is 2.26. The van der Waals surface area contributed by atoms with Crippen molar-refractivity contribution in [3.05, 3.63) is 23.8 Å². The Hall–Kier alpha value is -1.74. The van der Waals surface area contributed by atoms with Gasteiger partial charge in [0.15, 0.2) is 0 Å². The zero-order chi connectivity index (χ0) is 13.9. The van der Waals surface area contributed by atoms with Gasteiger partial charge in [-0.2, -0.15) is 13.2 Å². The van der Waals surface area contributed by atoms with Gasteiger partial charge in [-0.15, -0.1) is 0 Å². The van der Waals surface area contributed by atoms with E-state index in [1.807, 2.05) is 0 Å². The largest absolute Gasteiger partial charge is 0.451 e. The lowest BCUT2D eigenvalue weighted by molar-refractivity contribution is -0.145. The first kappa shape index (κ1) is 14.3. The summed E-state index contributed by atoms with van der Waals surface area (Å²) in [5.74, 6) is -2.21. The molecule has 1 aromatic heterocycles. The summed E-state index contributed by atoms with van der Waals surface area (Å²) in [6, 6.07) is 0. The van der Waals surface area contributed by atoms with Crippen molar-refractivity contribution in [3.8, 4) is 0 Å². The predicted molar refractivity (Wildman–Crippen MR) is 51.8 cm³/mol. The van der Waals surface area contributed by atoms with Gasteiger partial charge in [-0.1, -0.05) is 0 Å². The van der Waals surface area contributed by atoms with E-state index in [1.54, 1.807) is 0 Å². The lowest BCUT2D eigenvalue weighted by atomic mass is 10.1. The minimum atomic E-state index is -4.69. The van der Waals surface area contributed by atoms with E-state index >= 15 is 0 Å². The van der Waals surface area contributed by atoms with Crippen molar-refractivity contribution in [2.24, 2.45) is 5.73 Å². The van der Waals surface area contributed by atoms with Crippen LogP contribution < -0.4 is 5.73 Å². The Morgan fingerprint density at radius 3 is 2.22 bits per heavy atom. The molecule has 0 aromatic carbocycles. The molecule has 0 aliphatic carbocycles. The van der Waals surface area contributed by atoms with E-state index in [0.717, 1.165) is 12.4 Å². The number of aliphatic hydroxyl groups is 2. The molecule has 1 amide bonds. The highest BCUT2D eigenvalue weighted by Gasteiger charge is 2.34. The number of primary amides is 1. The molecule has 18 heavy (non-hydrogen) atoms. The zero-order valence-corrected chi connectivity index (χ0v) is 8.92. The number of amides is 1. The summed E-state index contributed by atoms with van der Waals surface area (Å²) in [4.78, 5) is 16.5. The number of hydrogen-bond donors (Lipinski definition) is 3. The molecule has 9 heteroatoms. The fraction of sp³-hybridized carbons (Fsp3) is 0.444. The second kappa shape index (κ2) is 5.27. The quantitative estimate of drug-likeness (QED) is 0.696. The second-order valence-electron chi connectivity index (χ2n) is 3.52. The maximum Gasteiger partial charge on any atom is 0.451 e. The summed E-state index contributed by atoms with van der Waals surface area (Å²) >= 11 is 0. The molecule has 1 aromatic rings. The summed E-state index contributed by atoms with van der Waals surface area (Å²) in [7, 11) is 0. The monoisotopic (exact) mass is 265 g/mol. The van der Waals surface area contributed by atoms with E-state index in [2.05, 4.69) is 9.97 Å². The number of hydrogen-bond acceptors (Lipinski definition) is 5. The number of alkyl halides is 3. The van der Waals surface area contributed by atoms with Crippen LogP contribution in [0.15, 0.2) is 12.4 Å². The summed E-state index contributed by atoms with van der Waals surface area (Å²) in [5, 5.41) is 18.9. The SMILES string of the molecule is NC(=O)CC(O)C(O)c1cnc(C(F)(F)F)nc1. The lowest BCUT2D eigenvalue weighted by Gasteiger charge is -2.16. The zero-order valence-electron chi connectivity index (χ0n) is 8.92. The highest BCUT2D eigenvalue weighted by Crippen LogP contribution is 2.26. The van der Waals surface area contributed by atoms with Gasteiger partial charge in [0.25, 0.3) is 0 Å². The molecule has 0 fully saturated rings. The topological polar surface area (TPSA) is 109 Å². The Kier molecular flexibility index (Phi) is 4.19. The summed E-state index contributed by atoms with van der Waals surface area (Å²) in [5.41, 5.74) is 4.66. The molecule has 0 aliphatic heterocycles. The molecular formula is C9H10F3N3O3. The Morgan fingerprint density at radius 2 is 1.83 bits per heavy atom. The van der Waals surface area contributed by atoms with E-state index in [0.29, 0.717) is 0 Å². The number of nitrogens with two attached hydrogens (primary N) is 1. The molecule has 0 aliphatic rings. The lowest BCUT2D eigenvalue weighted by Crippen LogP contribution is -2.26. The number of halogens is 3. The first-order valence-electron chi connectivity index (χ1n) is 4.75. The molecule has 0 saturated heterocycles. The average molecular weight is 265 g/mol. The van der Waals surface area contributed by atoms with Crippen molar-refractivity contribution in [1.82, 2.24) is 9.97 Å². The van der Waals surface area contributed by atoms with Crippen molar-refractivity contribution in [1.29, 1.82) is 0 Å². The highest BCUT2D eigenvalue weighted by atomic mass is 19.4. The van der Waals surface area contributed by atoms with Crippen molar-refractivity contribution in [3.63, 3.8) is 0 Å². The number of carbonyl (C=O) groups is 1. The molecule has 0 bridgehead atoms. The minimum absolute atomic E-state index is 0.142. The van der Waals surface area contributed by atoms with Crippen LogP contribution in [0.25, 0.3) is 0 Å². The van der Waals surface area contributed by atoms with Crippen LogP contribution >= 0.6 is 0 Å². The molecule has 6 nitrogen and oxygen atoms in total. The maximum absolute atomic E-state index is 12.2. The number of nitrogens with zero attached hydrogens (tertiary/aromatic N) is 2. The fourth-order valence-electron chi connectivity index (χ4n) is 1.18. The standard InChI is InChI=1S/C9H10F3N3O3/c10-9(11,12)8-14-2-4(3-15-8)7(18)5(16)1-6(13)17/h2-3,5,7,16,18H,1H2,(H2,13,17). The normalized spacial score (nSPS) is 15.2. The van der Waals surface area contributed by atoms with Crippen LogP contribution in [-0.4, -0.2) is 32.2 Å². The van der Waals surface area contributed by atoms with Gasteiger partial charge < -0.3 is 15.9 Å². The highest BCUT2D eigenvalue weighted by molar-refractivity contribution is 5.74. The van der Waals surface area contributed by atoms with Crippen molar-refractivity contribution >= 4 is 5.91 Å². The Labute approximate surface area is 99.3 Å². The molecule has 1 rings (SSSR count). The molecule has 0 spiro atoms. The Morgan fingerprint density at radius 1 is 1.33 bits per heavy atom. The van der Waals surface area contributed by atoms with Crippen LogP contribution in [0.2, 0.25) is 0 Å². The van der Waals surface area contributed by atoms with Crippen LogP contribution in [0.3, 0.4) is 0 Å². The number of aromatic nitrogens is 2. The molecule has 2 atom stereocenters. The molecule has 100 valence electrons. The van der Waals surface area contributed by atoms with E-state index in [4.69, 9.17) is 5.73 Å². The second-order valence-corrected chi connectivity index (χ2v) is 3.52.